The third-order valence-electron chi connectivity index (χ3n) is 4.05. The van der Waals surface area contributed by atoms with E-state index in [1.54, 1.807) is 7.11 Å². The van der Waals surface area contributed by atoms with Gasteiger partial charge in [-0.25, -0.2) is 0 Å². The maximum Gasteiger partial charge on any atom is 0.191 e. The van der Waals surface area contributed by atoms with Gasteiger partial charge in [-0.3, -0.25) is 9.89 Å². The van der Waals surface area contributed by atoms with Gasteiger partial charge in [-0.1, -0.05) is 0 Å². The lowest BCUT2D eigenvalue weighted by atomic mass is 10.3. The van der Waals surface area contributed by atoms with Crippen LogP contribution in [0.25, 0.3) is 0 Å². The first-order valence-electron chi connectivity index (χ1n) is 8.50. The van der Waals surface area contributed by atoms with E-state index in [0.29, 0.717) is 6.61 Å². The van der Waals surface area contributed by atoms with Crippen molar-refractivity contribution in [1.29, 1.82) is 0 Å². The van der Waals surface area contributed by atoms with Crippen LogP contribution >= 0.6 is 0 Å². The number of nitrogens with one attached hydrogen (secondary N) is 2. The Balaban J connectivity index is 1.74. The highest BCUT2D eigenvalue weighted by Crippen LogP contribution is 2.34. The van der Waals surface area contributed by atoms with E-state index in [-0.39, 0.29) is 6.04 Å². The molecule has 5 heteroatoms. The predicted molar refractivity (Wildman–Crippen MR) is 87.8 cm³/mol. The monoisotopic (exact) mass is 296 g/mol. The van der Waals surface area contributed by atoms with Crippen LogP contribution in [0.3, 0.4) is 0 Å². The fourth-order valence-corrected chi connectivity index (χ4v) is 2.63. The Hall–Kier alpha value is -0.810. The van der Waals surface area contributed by atoms with Crippen LogP contribution in [0.2, 0.25) is 0 Å². The predicted octanol–water partition coefficient (Wildman–Crippen LogP) is 1.45. The van der Waals surface area contributed by atoms with Gasteiger partial charge < -0.3 is 15.4 Å². The lowest BCUT2D eigenvalue weighted by molar-refractivity contribution is 0.179. The topological polar surface area (TPSA) is 48.9 Å². The molecule has 0 bridgehead atoms. The van der Waals surface area contributed by atoms with Gasteiger partial charge in [0.25, 0.3) is 0 Å². The van der Waals surface area contributed by atoms with Gasteiger partial charge in [0.2, 0.25) is 0 Å². The molecule has 0 aromatic heterocycles. The number of hydrogen-bond acceptors (Lipinski definition) is 3. The highest BCUT2D eigenvalue weighted by Gasteiger charge is 2.33. The van der Waals surface area contributed by atoms with Crippen LogP contribution in [0.5, 0.6) is 0 Å². The molecule has 0 aromatic rings. The third kappa shape index (κ3) is 6.66. The van der Waals surface area contributed by atoms with Gasteiger partial charge in [0, 0.05) is 38.8 Å². The molecule has 2 saturated carbocycles. The molecule has 2 aliphatic carbocycles. The fourth-order valence-electron chi connectivity index (χ4n) is 2.63. The summed E-state index contributed by atoms with van der Waals surface area (Å²) < 4.78 is 5.16. The Morgan fingerprint density at radius 2 is 2.10 bits per heavy atom. The summed E-state index contributed by atoms with van der Waals surface area (Å²) in [4.78, 5) is 7.37. The zero-order chi connectivity index (χ0) is 15.1. The molecule has 0 spiro atoms. The molecule has 1 unspecified atom stereocenters. The van der Waals surface area contributed by atoms with Gasteiger partial charge in [0.15, 0.2) is 5.96 Å². The van der Waals surface area contributed by atoms with Crippen LogP contribution in [0.1, 0.15) is 39.5 Å². The molecule has 0 saturated heterocycles. The van der Waals surface area contributed by atoms with Crippen LogP contribution in [-0.4, -0.2) is 62.8 Å². The first-order chi connectivity index (χ1) is 10.2. The van der Waals surface area contributed by atoms with Crippen LogP contribution in [0, 0.1) is 5.92 Å². The van der Waals surface area contributed by atoms with Crippen molar-refractivity contribution in [2.45, 2.75) is 51.6 Å². The molecule has 21 heavy (non-hydrogen) atoms. The smallest absolute Gasteiger partial charge is 0.191 e. The summed E-state index contributed by atoms with van der Waals surface area (Å²) in [7, 11) is 1.73. The van der Waals surface area contributed by atoms with E-state index < -0.39 is 0 Å². The third-order valence-corrected chi connectivity index (χ3v) is 4.05. The van der Waals surface area contributed by atoms with Gasteiger partial charge in [0.1, 0.15) is 0 Å². The second kappa shape index (κ2) is 8.59. The Morgan fingerprint density at radius 1 is 1.33 bits per heavy atom. The molecule has 122 valence electrons. The van der Waals surface area contributed by atoms with Crippen molar-refractivity contribution in [3.63, 3.8) is 0 Å². The Bertz CT molecular complexity index is 326. The molecule has 0 aliphatic heterocycles. The summed E-state index contributed by atoms with van der Waals surface area (Å²) in [6.07, 6.45) is 5.65. The highest BCUT2D eigenvalue weighted by molar-refractivity contribution is 5.80. The zero-order valence-corrected chi connectivity index (χ0v) is 13.9. The first-order valence-corrected chi connectivity index (χ1v) is 8.50. The normalized spacial score (nSPS) is 20.7. The zero-order valence-electron chi connectivity index (χ0n) is 13.9. The molecule has 0 amide bonds. The summed E-state index contributed by atoms with van der Waals surface area (Å²) in [5.41, 5.74) is 0. The molecule has 0 radical (unpaired) electrons. The van der Waals surface area contributed by atoms with Gasteiger partial charge >= 0.3 is 0 Å². The minimum absolute atomic E-state index is 0.277. The molecule has 2 fully saturated rings. The second-order valence-electron chi connectivity index (χ2n) is 6.43. The van der Waals surface area contributed by atoms with Gasteiger partial charge in [0.05, 0.1) is 13.2 Å². The van der Waals surface area contributed by atoms with Crippen molar-refractivity contribution in [3.05, 3.63) is 0 Å². The molecular formula is C16H32N4O. The number of nitrogens with zero attached hydrogens (tertiary/aromatic N) is 2. The van der Waals surface area contributed by atoms with Crippen LogP contribution in [0.15, 0.2) is 4.99 Å². The minimum Gasteiger partial charge on any atom is -0.383 e. The maximum atomic E-state index is 5.16. The summed E-state index contributed by atoms with van der Waals surface area (Å²) in [6, 6.07) is 1.13. The number of methoxy groups -OCH3 is 1. The molecule has 1 atom stereocenters. The van der Waals surface area contributed by atoms with Crippen molar-refractivity contribution in [1.82, 2.24) is 15.5 Å². The number of hydrogen-bond donors (Lipinski definition) is 2. The van der Waals surface area contributed by atoms with E-state index in [4.69, 9.17) is 9.73 Å². The minimum atomic E-state index is 0.277. The standard InChI is InChI=1S/C16H32N4O/c1-4-17-16(19-13(2)12-21-3)18-9-10-20(15-7-8-15)11-14-5-6-14/h13-15H,4-12H2,1-3H3,(H2,17,18,19). The average molecular weight is 296 g/mol. The first kappa shape index (κ1) is 16.6. The SMILES string of the molecule is CCNC(=NCCN(CC1CC1)C1CC1)NC(C)COC. The number of ether oxygens (including phenoxy) is 1. The Morgan fingerprint density at radius 3 is 2.67 bits per heavy atom. The van der Waals surface area contributed by atoms with E-state index in [9.17, 15) is 0 Å². The molecule has 0 aromatic carbocycles. The Kier molecular flexibility index (Phi) is 6.77. The number of rotatable bonds is 10. The molecule has 2 N–H and O–H groups in total. The van der Waals surface area contributed by atoms with Crippen LogP contribution < -0.4 is 10.6 Å². The van der Waals surface area contributed by atoms with Crippen molar-refractivity contribution >= 4 is 5.96 Å². The van der Waals surface area contributed by atoms with Crippen molar-refractivity contribution in [2.24, 2.45) is 10.9 Å². The summed E-state index contributed by atoms with van der Waals surface area (Å²) in [5, 5.41) is 6.69. The molecule has 5 nitrogen and oxygen atoms in total. The van der Waals surface area contributed by atoms with Crippen LogP contribution in [0.4, 0.5) is 0 Å². The van der Waals surface area contributed by atoms with Gasteiger partial charge in [-0.2, -0.15) is 0 Å². The maximum absolute atomic E-state index is 5.16. The number of guanidine groups is 1. The van der Waals surface area contributed by atoms with E-state index in [1.165, 1.54) is 32.2 Å². The van der Waals surface area contributed by atoms with E-state index >= 15 is 0 Å². The molecule has 2 aliphatic rings. The lowest BCUT2D eigenvalue weighted by Gasteiger charge is -2.21. The Labute approximate surface area is 129 Å². The summed E-state index contributed by atoms with van der Waals surface area (Å²) >= 11 is 0. The van der Waals surface area contributed by atoms with Crippen molar-refractivity contribution in [3.8, 4) is 0 Å². The fraction of sp³-hybridized carbons (Fsp3) is 0.938. The largest absolute Gasteiger partial charge is 0.383 e. The average Bonchev–Trinajstić information content (AvgIpc) is 3.31. The van der Waals surface area contributed by atoms with Gasteiger partial charge in [-0.05, 0) is 45.4 Å². The van der Waals surface area contributed by atoms with E-state index in [0.717, 1.165) is 37.6 Å². The summed E-state index contributed by atoms with van der Waals surface area (Å²) in [6.45, 7) is 9.06. The lowest BCUT2D eigenvalue weighted by Crippen LogP contribution is -2.44. The second-order valence-corrected chi connectivity index (χ2v) is 6.43. The van der Waals surface area contributed by atoms with Crippen molar-refractivity contribution < 1.29 is 4.74 Å². The highest BCUT2D eigenvalue weighted by atomic mass is 16.5. The quantitative estimate of drug-likeness (QED) is 0.473. The summed E-state index contributed by atoms with van der Waals surface area (Å²) in [5.74, 6) is 1.88. The number of aliphatic imine (C=N–C) groups is 1. The molecule has 0 heterocycles. The van der Waals surface area contributed by atoms with Crippen LogP contribution in [-0.2, 0) is 4.74 Å². The molecular weight excluding hydrogens is 264 g/mol. The van der Waals surface area contributed by atoms with Crippen molar-refractivity contribution in [2.75, 3.05) is 39.9 Å². The van der Waals surface area contributed by atoms with Gasteiger partial charge in [-0.15, -0.1) is 0 Å². The van der Waals surface area contributed by atoms with E-state index in [1.807, 2.05) is 0 Å². The molecule has 2 rings (SSSR count). The van der Waals surface area contributed by atoms with E-state index in [2.05, 4.69) is 29.4 Å².